The summed E-state index contributed by atoms with van der Waals surface area (Å²) in [5, 5.41) is 2.83. The van der Waals surface area contributed by atoms with E-state index in [4.69, 9.17) is 4.74 Å². The fraction of sp³-hybridized carbons (Fsp3) is 0.300. The lowest BCUT2D eigenvalue weighted by Crippen LogP contribution is -2.30. The maximum absolute atomic E-state index is 12.2. The van der Waals surface area contributed by atoms with Crippen molar-refractivity contribution in [2.45, 2.75) is 20.4 Å². The second kappa shape index (κ2) is 8.44. The van der Waals surface area contributed by atoms with Gasteiger partial charge < -0.3 is 10.1 Å². The van der Waals surface area contributed by atoms with Crippen LogP contribution in [0.2, 0.25) is 0 Å². The predicted molar refractivity (Wildman–Crippen MR) is 99.1 cm³/mol. The Kier molecular flexibility index (Phi) is 6.31. The van der Waals surface area contributed by atoms with Crippen molar-refractivity contribution in [2.75, 3.05) is 26.0 Å². The van der Waals surface area contributed by atoms with Crippen molar-refractivity contribution < 1.29 is 14.3 Å². The summed E-state index contributed by atoms with van der Waals surface area (Å²) in [5.74, 6) is 0.654. The van der Waals surface area contributed by atoms with Crippen LogP contribution in [-0.4, -0.2) is 37.3 Å². The number of anilines is 1. The summed E-state index contributed by atoms with van der Waals surface area (Å²) < 4.78 is 5.38. The van der Waals surface area contributed by atoms with Gasteiger partial charge in [0.1, 0.15) is 5.75 Å². The van der Waals surface area contributed by atoms with E-state index in [1.54, 1.807) is 31.4 Å². The minimum Gasteiger partial charge on any atom is -0.496 e. The van der Waals surface area contributed by atoms with Crippen LogP contribution < -0.4 is 10.1 Å². The molecule has 0 spiro atoms. The highest BCUT2D eigenvalue weighted by Crippen LogP contribution is 2.21. The van der Waals surface area contributed by atoms with Crippen LogP contribution in [0.1, 0.15) is 28.4 Å². The number of Topliss-reactive ketones (excluding diaryl/α,β-unsaturated/α-hetero) is 1. The summed E-state index contributed by atoms with van der Waals surface area (Å²) in [7, 11) is 3.52. The number of carbonyl (C=O) groups excluding carboxylic acids is 2. The highest BCUT2D eigenvalue weighted by atomic mass is 16.5. The summed E-state index contributed by atoms with van der Waals surface area (Å²) in [4.78, 5) is 25.6. The van der Waals surface area contributed by atoms with Crippen molar-refractivity contribution in [1.29, 1.82) is 0 Å². The Labute approximate surface area is 148 Å². The molecular formula is C20H24N2O3. The molecule has 0 aromatic heterocycles. The van der Waals surface area contributed by atoms with Gasteiger partial charge in [-0.2, -0.15) is 0 Å². The largest absolute Gasteiger partial charge is 0.496 e. The molecule has 0 fully saturated rings. The molecule has 0 atom stereocenters. The van der Waals surface area contributed by atoms with E-state index < -0.39 is 0 Å². The first-order valence-corrected chi connectivity index (χ1v) is 8.12. The molecule has 5 nitrogen and oxygen atoms in total. The van der Waals surface area contributed by atoms with Crippen molar-refractivity contribution in [3.63, 3.8) is 0 Å². The van der Waals surface area contributed by atoms with E-state index in [0.29, 0.717) is 17.8 Å². The van der Waals surface area contributed by atoms with Gasteiger partial charge in [0, 0.05) is 23.4 Å². The molecule has 5 heteroatoms. The van der Waals surface area contributed by atoms with Gasteiger partial charge in [-0.05, 0) is 39.1 Å². The SMILES string of the molecule is COc1ccc(C)cc1CN(C)CC(=O)Nc1cccc(C(C)=O)c1. The minimum absolute atomic E-state index is 0.0280. The van der Waals surface area contributed by atoms with Gasteiger partial charge in [-0.15, -0.1) is 0 Å². The number of aryl methyl sites for hydroxylation is 1. The Morgan fingerprint density at radius 1 is 1.16 bits per heavy atom. The van der Waals surface area contributed by atoms with E-state index in [1.807, 2.05) is 31.0 Å². The van der Waals surface area contributed by atoms with Gasteiger partial charge in [-0.25, -0.2) is 0 Å². The molecule has 0 aliphatic heterocycles. The minimum atomic E-state index is -0.130. The van der Waals surface area contributed by atoms with Crippen molar-refractivity contribution >= 4 is 17.4 Å². The number of nitrogens with one attached hydrogen (secondary N) is 1. The van der Waals surface area contributed by atoms with Crippen LogP contribution in [0.25, 0.3) is 0 Å². The molecule has 2 aromatic rings. The van der Waals surface area contributed by atoms with Crippen LogP contribution in [0.15, 0.2) is 42.5 Å². The highest BCUT2D eigenvalue weighted by molar-refractivity contribution is 5.97. The molecule has 25 heavy (non-hydrogen) atoms. The molecule has 1 N–H and O–H groups in total. The van der Waals surface area contributed by atoms with Crippen molar-refractivity contribution in [3.8, 4) is 5.75 Å². The van der Waals surface area contributed by atoms with Crippen LogP contribution in [0.5, 0.6) is 5.75 Å². The monoisotopic (exact) mass is 340 g/mol. The smallest absolute Gasteiger partial charge is 0.238 e. The van der Waals surface area contributed by atoms with E-state index >= 15 is 0 Å². The molecule has 0 aliphatic rings. The molecular weight excluding hydrogens is 316 g/mol. The number of amides is 1. The van der Waals surface area contributed by atoms with Crippen LogP contribution >= 0.6 is 0 Å². The molecule has 2 rings (SSSR count). The van der Waals surface area contributed by atoms with Crippen molar-refractivity contribution in [1.82, 2.24) is 4.90 Å². The quantitative estimate of drug-likeness (QED) is 0.786. The average Bonchev–Trinajstić information content (AvgIpc) is 2.55. The lowest BCUT2D eigenvalue weighted by atomic mass is 10.1. The van der Waals surface area contributed by atoms with E-state index in [-0.39, 0.29) is 18.2 Å². The Hall–Kier alpha value is -2.66. The lowest BCUT2D eigenvalue weighted by molar-refractivity contribution is -0.117. The normalized spacial score (nSPS) is 10.6. The van der Waals surface area contributed by atoms with Crippen LogP contribution in [0.3, 0.4) is 0 Å². The number of carbonyl (C=O) groups is 2. The number of benzene rings is 2. The number of methoxy groups -OCH3 is 1. The first-order chi connectivity index (χ1) is 11.9. The molecule has 0 unspecified atom stereocenters. The number of likely N-dealkylation sites (N-methyl/N-ethyl adjacent to an activating group) is 1. The molecule has 0 saturated heterocycles. The summed E-state index contributed by atoms with van der Waals surface area (Å²) in [6.07, 6.45) is 0. The third kappa shape index (κ3) is 5.43. The Bertz CT molecular complexity index is 771. The number of ether oxygens (including phenoxy) is 1. The number of nitrogens with zero attached hydrogens (tertiary/aromatic N) is 1. The first-order valence-electron chi connectivity index (χ1n) is 8.12. The molecule has 0 radical (unpaired) electrons. The van der Waals surface area contributed by atoms with Gasteiger partial charge in [-0.1, -0.05) is 29.8 Å². The number of rotatable bonds is 7. The average molecular weight is 340 g/mol. The summed E-state index contributed by atoms with van der Waals surface area (Å²) in [6, 6.07) is 12.9. The standard InChI is InChI=1S/C20H24N2O3/c1-14-8-9-19(25-4)17(10-14)12-22(3)13-20(24)21-18-7-5-6-16(11-18)15(2)23/h5-11H,12-13H2,1-4H3,(H,21,24). The molecule has 2 aromatic carbocycles. The molecule has 0 bridgehead atoms. The lowest BCUT2D eigenvalue weighted by Gasteiger charge is -2.18. The molecule has 1 amide bonds. The molecule has 0 aliphatic carbocycles. The molecule has 0 saturated carbocycles. The Morgan fingerprint density at radius 3 is 2.60 bits per heavy atom. The first kappa shape index (κ1) is 18.7. The van der Waals surface area contributed by atoms with Gasteiger partial charge in [0.2, 0.25) is 5.91 Å². The number of hydrogen-bond donors (Lipinski definition) is 1. The topological polar surface area (TPSA) is 58.6 Å². The molecule has 0 heterocycles. The summed E-state index contributed by atoms with van der Waals surface area (Å²) in [6.45, 7) is 4.37. The van der Waals surface area contributed by atoms with Crippen molar-refractivity contribution in [2.24, 2.45) is 0 Å². The van der Waals surface area contributed by atoms with E-state index in [9.17, 15) is 9.59 Å². The third-order valence-electron chi connectivity index (χ3n) is 3.84. The molecule has 132 valence electrons. The fourth-order valence-corrected chi connectivity index (χ4v) is 2.64. The Balaban J connectivity index is 1.97. The second-order valence-electron chi connectivity index (χ2n) is 6.17. The maximum Gasteiger partial charge on any atom is 0.238 e. The third-order valence-corrected chi connectivity index (χ3v) is 3.84. The zero-order chi connectivity index (χ0) is 18.4. The van der Waals surface area contributed by atoms with Crippen molar-refractivity contribution in [3.05, 3.63) is 59.2 Å². The van der Waals surface area contributed by atoms with Crippen LogP contribution in [0.4, 0.5) is 5.69 Å². The Morgan fingerprint density at radius 2 is 1.92 bits per heavy atom. The van der Waals surface area contributed by atoms with Crippen LogP contribution in [0, 0.1) is 6.92 Å². The van der Waals surface area contributed by atoms with Gasteiger partial charge in [0.05, 0.1) is 13.7 Å². The van der Waals surface area contributed by atoms with Gasteiger partial charge in [0.15, 0.2) is 5.78 Å². The number of hydrogen-bond acceptors (Lipinski definition) is 4. The second-order valence-corrected chi connectivity index (χ2v) is 6.17. The number of ketones is 1. The van der Waals surface area contributed by atoms with E-state index in [2.05, 4.69) is 11.4 Å². The van der Waals surface area contributed by atoms with Gasteiger partial charge in [-0.3, -0.25) is 14.5 Å². The van der Waals surface area contributed by atoms with E-state index in [1.165, 1.54) is 6.92 Å². The zero-order valence-electron chi connectivity index (χ0n) is 15.1. The van der Waals surface area contributed by atoms with Crippen LogP contribution in [-0.2, 0) is 11.3 Å². The maximum atomic E-state index is 12.2. The zero-order valence-corrected chi connectivity index (χ0v) is 15.1. The highest BCUT2D eigenvalue weighted by Gasteiger charge is 2.11. The van der Waals surface area contributed by atoms with E-state index in [0.717, 1.165) is 16.9 Å². The van der Waals surface area contributed by atoms with Gasteiger partial charge in [0.25, 0.3) is 0 Å². The van der Waals surface area contributed by atoms with Gasteiger partial charge >= 0.3 is 0 Å². The summed E-state index contributed by atoms with van der Waals surface area (Å²) >= 11 is 0. The fourth-order valence-electron chi connectivity index (χ4n) is 2.64. The summed E-state index contributed by atoms with van der Waals surface area (Å²) in [5.41, 5.74) is 3.39. The predicted octanol–water partition coefficient (Wildman–Crippen LogP) is 3.28.